The fourth-order valence-electron chi connectivity index (χ4n) is 7.02. The molecular formula is C48H32N2. The predicted molar refractivity (Wildman–Crippen MR) is 211 cm³/mol. The van der Waals surface area contributed by atoms with E-state index < -0.39 is 42.3 Å². The van der Waals surface area contributed by atoms with E-state index in [-0.39, 0.29) is 58.3 Å². The summed E-state index contributed by atoms with van der Waals surface area (Å²) in [7, 11) is 0. The number of benzene rings is 8. The average molecular weight is 650 g/mol. The van der Waals surface area contributed by atoms with Crippen LogP contribution in [-0.4, -0.2) is 9.13 Å². The molecule has 0 radical (unpaired) electrons. The Morgan fingerprint density at radius 1 is 0.340 bits per heavy atom. The molecule has 10 rings (SSSR count). The van der Waals surface area contributed by atoms with E-state index in [2.05, 4.69) is 0 Å². The van der Waals surface area contributed by atoms with Gasteiger partial charge in [-0.25, -0.2) is 0 Å². The fourth-order valence-corrected chi connectivity index (χ4v) is 7.02. The third-order valence-electron chi connectivity index (χ3n) is 9.28. The summed E-state index contributed by atoms with van der Waals surface area (Å²) in [5.41, 5.74) is 6.22. The van der Waals surface area contributed by atoms with Crippen molar-refractivity contribution in [2.24, 2.45) is 0 Å². The Hall–Kier alpha value is -6.64. The summed E-state index contributed by atoms with van der Waals surface area (Å²) in [5.74, 6) is 0. The first-order valence-electron chi connectivity index (χ1n) is 22.6. The van der Waals surface area contributed by atoms with Gasteiger partial charge in [0.15, 0.2) is 0 Å². The first-order chi connectivity index (χ1) is 30.2. The van der Waals surface area contributed by atoms with Crippen molar-refractivity contribution in [1.82, 2.24) is 9.13 Å². The lowest BCUT2D eigenvalue weighted by atomic mass is 10.0. The number of para-hydroxylation sites is 3. The van der Waals surface area contributed by atoms with Gasteiger partial charge in [-0.05, 0) is 82.4 Å². The minimum absolute atomic E-state index is 0.0540. The van der Waals surface area contributed by atoms with Gasteiger partial charge < -0.3 is 9.13 Å². The predicted octanol–water partition coefficient (Wildman–Crippen LogP) is 12.9. The maximum absolute atomic E-state index is 9.15. The van der Waals surface area contributed by atoms with E-state index >= 15 is 0 Å². The zero-order chi connectivity index (χ0) is 44.3. The number of hydrogen-bond acceptors (Lipinski definition) is 0. The van der Waals surface area contributed by atoms with Gasteiger partial charge >= 0.3 is 0 Å². The molecule has 0 unspecified atom stereocenters. The van der Waals surface area contributed by atoms with E-state index in [1.165, 1.54) is 0 Å². The van der Waals surface area contributed by atoms with Crippen LogP contribution in [0.3, 0.4) is 0 Å². The highest BCUT2D eigenvalue weighted by Gasteiger charge is 2.17. The van der Waals surface area contributed by atoms with E-state index in [0.717, 1.165) is 11.1 Å². The lowest BCUT2D eigenvalue weighted by Gasteiger charge is -2.14. The van der Waals surface area contributed by atoms with Gasteiger partial charge in [-0.1, -0.05) is 139 Å². The zero-order valence-corrected chi connectivity index (χ0v) is 26.4. The second kappa shape index (κ2) is 11.5. The SMILES string of the molecule is [2H]c1c([2H])c([2H])c(-c2ccccc2-n2c3ccc(-c4ccc5c(c4)c4c([2H])c([2H])c([2H])c([2H])c4n5-c4ccc(-c5ccccc5)cc4)cc3c3c([2H])c([2H])c([2H])c([2H])c32)c([2H])c1[2H]. The fraction of sp³-hybridized carbons (Fsp3) is 0. The highest BCUT2D eigenvalue weighted by molar-refractivity contribution is 6.13. The molecule has 0 saturated heterocycles. The number of aromatic nitrogens is 2. The van der Waals surface area contributed by atoms with Crippen molar-refractivity contribution in [2.45, 2.75) is 0 Å². The van der Waals surface area contributed by atoms with Gasteiger partial charge in [0.2, 0.25) is 0 Å². The number of fused-ring (bicyclic) bond motifs is 6. The third kappa shape index (κ3) is 4.50. The molecule has 0 spiro atoms. The summed E-state index contributed by atoms with van der Waals surface area (Å²) in [6.45, 7) is 0. The molecule has 0 aliphatic carbocycles. The van der Waals surface area contributed by atoms with E-state index in [9.17, 15) is 0 Å². The summed E-state index contributed by atoms with van der Waals surface area (Å²) in [5, 5.41) is 1.62. The average Bonchev–Trinajstić information content (AvgIpc) is 3.84. The van der Waals surface area contributed by atoms with Crippen molar-refractivity contribution < 1.29 is 17.8 Å². The van der Waals surface area contributed by atoms with Crippen molar-refractivity contribution in [1.29, 1.82) is 0 Å². The van der Waals surface area contributed by atoms with Crippen molar-refractivity contribution in [2.75, 3.05) is 0 Å². The molecule has 50 heavy (non-hydrogen) atoms. The Balaban J connectivity index is 1.22. The molecule has 0 fully saturated rings. The lowest BCUT2D eigenvalue weighted by Crippen LogP contribution is -1.97. The van der Waals surface area contributed by atoms with Crippen LogP contribution in [0.15, 0.2) is 194 Å². The van der Waals surface area contributed by atoms with E-state index in [4.69, 9.17) is 17.8 Å². The summed E-state index contributed by atoms with van der Waals surface area (Å²) in [6.07, 6.45) is 0. The standard InChI is InChI=1S/C48H32N2/c1-3-13-33(14-4-1)34-23-27-38(28-24-34)49-45-21-11-8-18-40(45)42-31-36(25-29-47(42)49)37-26-30-48-43(32-37)41-19-9-12-22-46(41)50(48)44-20-10-7-17-39(44)35-15-5-2-6-16-35/h1-32H/i2D,5D,6D,8D,9D,11D,12D,15D,16D,18D,19D,21D,22D. The van der Waals surface area contributed by atoms with Crippen molar-refractivity contribution in [3.8, 4) is 44.8 Å². The molecule has 0 aliphatic rings. The third-order valence-corrected chi connectivity index (χ3v) is 9.28. The molecule has 2 heteroatoms. The van der Waals surface area contributed by atoms with Crippen LogP contribution in [0.1, 0.15) is 17.8 Å². The van der Waals surface area contributed by atoms with Crippen LogP contribution in [0.4, 0.5) is 0 Å². The molecule has 0 bridgehead atoms. The number of rotatable bonds is 5. The minimum Gasteiger partial charge on any atom is -0.309 e. The Morgan fingerprint density at radius 3 is 1.54 bits per heavy atom. The molecule has 2 nitrogen and oxygen atoms in total. The monoisotopic (exact) mass is 649 g/mol. The van der Waals surface area contributed by atoms with Crippen LogP contribution in [0, 0.1) is 0 Å². The molecule has 8 aromatic carbocycles. The molecular weight excluding hydrogens is 605 g/mol. The summed E-state index contributed by atoms with van der Waals surface area (Å²) in [4.78, 5) is 0. The highest BCUT2D eigenvalue weighted by atomic mass is 15.0. The summed E-state index contributed by atoms with van der Waals surface area (Å²) in [6, 6.07) is 30.5. The van der Waals surface area contributed by atoms with Crippen LogP contribution < -0.4 is 0 Å². The topological polar surface area (TPSA) is 9.86 Å². The Labute approximate surface area is 309 Å². The van der Waals surface area contributed by atoms with Crippen LogP contribution in [0.5, 0.6) is 0 Å². The molecule has 234 valence electrons. The quantitative estimate of drug-likeness (QED) is 0.176. The van der Waals surface area contributed by atoms with Gasteiger partial charge in [-0.3, -0.25) is 0 Å². The van der Waals surface area contributed by atoms with Crippen LogP contribution in [-0.2, 0) is 0 Å². The van der Waals surface area contributed by atoms with Crippen LogP contribution >= 0.6 is 0 Å². The van der Waals surface area contributed by atoms with Crippen LogP contribution in [0.25, 0.3) is 88.4 Å². The minimum atomic E-state index is -0.537. The highest BCUT2D eigenvalue weighted by Crippen LogP contribution is 2.40. The van der Waals surface area contributed by atoms with Crippen LogP contribution in [0.2, 0.25) is 0 Å². The van der Waals surface area contributed by atoms with Gasteiger partial charge in [0, 0.05) is 32.8 Å². The van der Waals surface area contributed by atoms with Gasteiger partial charge in [0.1, 0.15) is 0 Å². The summed E-state index contributed by atoms with van der Waals surface area (Å²) >= 11 is 0. The Morgan fingerprint density at radius 2 is 0.860 bits per heavy atom. The Kier molecular flexibility index (Phi) is 4.19. The second-order valence-electron chi connectivity index (χ2n) is 12.0. The molecule has 0 saturated carbocycles. The smallest absolute Gasteiger partial charge is 0.0645 e. The molecule has 2 aromatic heterocycles. The molecule has 0 amide bonds. The van der Waals surface area contributed by atoms with E-state index in [0.29, 0.717) is 55.2 Å². The lowest BCUT2D eigenvalue weighted by molar-refractivity contribution is 1.18. The molecule has 10 aromatic rings. The molecule has 2 heterocycles. The van der Waals surface area contributed by atoms with E-state index in [1.54, 1.807) is 34.9 Å². The van der Waals surface area contributed by atoms with Gasteiger partial charge in [0.05, 0.1) is 45.6 Å². The van der Waals surface area contributed by atoms with Gasteiger partial charge in [-0.15, -0.1) is 0 Å². The maximum Gasteiger partial charge on any atom is 0.0645 e. The molecule has 0 aliphatic heterocycles. The maximum atomic E-state index is 9.15. The van der Waals surface area contributed by atoms with Gasteiger partial charge in [0.25, 0.3) is 0 Å². The normalized spacial score (nSPS) is 15.2. The molecule has 0 N–H and O–H groups in total. The van der Waals surface area contributed by atoms with Crippen molar-refractivity contribution in [3.05, 3.63) is 194 Å². The largest absolute Gasteiger partial charge is 0.309 e. The number of nitrogens with zero attached hydrogens (tertiary/aromatic N) is 2. The van der Waals surface area contributed by atoms with E-state index in [1.807, 2.05) is 89.5 Å². The zero-order valence-electron chi connectivity index (χ0n) is 39.4. The molecule has 0 atom stereocenters. The number of hydrogen-bond donors (Lipinski definition) is 0. The van der Waals surface area contributed by atoms with Crippen molar-refractivity contribution in [3.63, 3.8) is 0 Å². The van der Waals surface area contributed by atoms with Gasteiger partial charge in [-0.2, -0.15) is 0 Å². The first kappa shape index (κ1) is 18.2. The second-order valence-corrected chi connectivity index (χ2v) is 12.0. The summed E-state index contributed by atoms with van der Waals surface area (Å²) < 4.78 is 117. The first-order valence-corrected chi connectivity index (χ1v) is 16.1. The Bertz CT molecular complexity index is 3570. The van der Waals surface area contributed by atoms with Crippen molar-refractivity contribution >= 4 is 43.6 Å².